The first-order valence-corrected chi connectivity index (χ1v) is 16.7. The van der Waals surface area contributed by atoms with Crippen molar-refractivity contribution < 1.29 is 8.83 Å². The predicted octanol–water partition coefficient (Wildman–Crippen LogP) is 12.1. The van der Waals surface area contributed by atoms with E-state index in [1.54, 1.807) is 0 Å². The molecule has 50 heavy (non-hydrogen) atoms. The summed E-state index contributed by atoms with van der Waals surface area (Å²) in [5.41, 5.74) is 5.80. The number of nitrogens with zero attached hydrogens (tertiary/aromatic N) is 3. The fourth-order valence-electron chi connectivity index (χ4n) is 7.59. The zero-order chi connectivity index (χ0) is 32.8. The van der Waals surface area contributed by atoms with E-state index in [0.717, 1.165) is 71.3 Å². The fourth-order valence-corrected chi connectivity index (χ4v) is 7.59. The fraction of sp³-hybridized carbons (Fsp3) is 0. The minimum Gasteiger partial charge on any atom is -0.456 e. The topological polar surface area (TPSA) is 65.0 Å². The van der Waals surface area contributed by atoms with E-state index in [0.29, 0.717) is 17.5 Å². The van der Waals surface area contributed by atoms with Crippen LogP contribution in [0.4, 0.5) is 0 Å². The van der Waals surface area contributed by atoms with Crippen LogP contribution >= 0.6 is 0 Å². The molecule has 0 aliphatic carbocycles. The Kier molecular flexibility index (Phi) is 5.60. The lowest BCUT2D eigenvalue weighted by molar-refractivity contribution is 0.668. The molecule has 0 unspecified atom stereocenters. The number of aromatic nitrogens is 3. The summed E-state index contributed by atoms with van der Waals surface area (Å²) < 4.78 is 12.7. The highest BCUT2D eigenvalue weighted by Crippen LogP contribution is 2.39. The summed E-state index contributed by atoms with van der Waals surface area (Å²) in [6.07, 6.45) is 0. The third-order valence-corrected chi connectivity index (χ3v) is 9.94. The number of rotatable bonds is 3. The molecule has 5 nitrogen and oxygen atoms in total. The molecule has 5 heteroatoms. The van der Waals surface area contributed by atoms with Gasteiger partial charge in [0.05, 0.1) is 5.56 Å². The van der Waals surface area contributed by atoms with Crippen LogP contribution in [-0.2, 0) is 0 Å². The molecule has 3 heterocycles. The Hall–Kier alpha value is -6.85. The Bertz CT molecular complexity index is 3170. The zero-order valence-corrected chi connectivity index (χ0v) is 26.6. The van der Waals surface area contributed by atoms with Crippen LogP contribution in [0, 0.1) is 0 Å². The predicted molar refractivity (Wildman–Crippen MR) is 203 cm³/mol. The molecule has 0 aliphatic heterocycles. The molecule has 232 valence electrons. The lowest BCUT2D eigenvalue weighted by atomic mass is 9.95. The minimum atomic E-state index is 0.545. The molecule has 0 atom stereocenters. The van der Waals surface area contributed by atoms with Crippen LogP contribution in [0.3, 0.4) is 0 Å². The van der Waals surface area contributed by atoms with Crippen molar-refractivity contribution in [3.63, 3.8) is 0 Å². The van der Waals surface area contributed by atoms with Crippen LogP contribution in [0.2, 0.25) is 0 Å². The second-order valence-electron chi connectivity index (χ2n) is 12.7. The largest absolute Gasteiger partial charge is 0.456 e. The highest BCUT2D eigenvalue weighted by atomic mass is 16.3. The molecule has 0 amide bonds. The van der Waals surface area contributed by atoms with Gasteiger partial charge in [0, 0.05) is 32.7 Å². The first-order chi connectivity index (χ1) is 24.8. The molecule has 8 aromatic carbocycles. The molecular formula is C45H25N3O2. The summed E-state index contributed by atoms with van der Waals surface area (Å²) in [7, 11) is 0. The van der Waals surface area contributed by atoms with E-state index in [4.69, 9.17) is 23.8 Å². The van der Waals surface area contributed by atoms with Crippen molar-refractivity contribution >= 4 is 76.2 Å². The van der Waals surface area contributed by atoms with E-state index in [1.807, 2.05) is 54.6 Å². The number of hydrogen-bond acceptors (Lipinski definition) is 5. The molecule has 0 radical (unpaired) electrons. The first kappa shape index (κ1) is 27.1. The van der Waals surface area contributed by atoms with Gasteiger partial charge in [-0.25, -0.2) is 15.0 Å². The first-order valence-electron chi connectivity index (χ1n) is 16.7. The molecule has 0 aliphatic rings. The molecule has 0 saturated heterocycles. The third kappa shape index (κ3) is 3.98. The lowest BCUT2D eigenvalue weighted by Gasteiger charge is -2.12. The quantitative estimate of drug-likeness (QED) is 0.180. The molecule has 0 bridgehead atoms. The summed E-state index contributed by atoms with van der Waals surface area (Å²) >= 11 is 0. The zero-order valence-electron chi connectivity index (χ0n) is 26.6. The van der Waals surface area contributed by atoms with Crippen LogP contribution in [0.5, 0.6) is 0 Å². The monoisotopic (exact) mass is 639 g/mol. The van der Waals surface area contributed by atoms with Gasteiger partial charge in [0.1, 0.15) is 22.3 Å². The maximum atomic E-state index is 6.46. The Morgan fingerprint density at radius 1 is 0.320 bits per heavy atom. The van der Waals surface area contributed by atoms with Gasteiger partial charge < -0.3 is 8.83 Å². The Morgan fingerprint density at radius 2 is 0.860 bits per heavy atom. The van der Waals surface area contributed by atoms with Crippen molar-refractivity contribution in [2.45, 2.75) is 0 Å². The summed E-state index contributed by atoms with van der Waals surface area (Å²) in [6.45, 7) is 0. The maximum Gasteiger partial charge on any atom is 0.167 e. The Morgan fingerprint density at radius 3 is 1.72 bits per heavy atom. The van der Waals surface area contributed by atoms with Crippen molar-refractivity contribution in [1.82, 2.24) is 15.0 Å². The highest BCUT2D eigenvalue weighted by Gasteiger charge is 2.20. The number of hydrogen-bond donors (Lipinski definition) is 0. The average molecular weight is 640 g/mol. The molecule has 0 saturated carbocycles. The maximum absolute atomic E-state index is 6.46. The number of furan rings is 2. The average Bonchev–Trinajstić information content (AvgIpc) is 3.75. The van der Waals surface area contributed by atoms with Gasteiger partial charge in [-0.1, -0.05) is 121 Å². The SMILES string of the molecule is c1ccc2c(c1)ccc1c3cccc(-c4nc(-c5ccc6c(c5)oc5ccccc56)nc(-c5cccc6c5oc5ccccc56)n4)c3ccc21. The van der Waals surface area contributed by atoms with Gasteiger partial charge in [-0.2, -0.15) is 0 Å². The Labute approximate surface area is 285 Å². The second-order valence-corrected chi connectivity index (χ2v) is 12.7. The van der Waals surface area contributed by atoms with Crippen LogP contribution in [0.25, 0.3) is 110 Å². The van der Waals surface area contributed by atoms with Crippen molar-refractivity contribution in [1.29, 1.82) is 0 Å². The van der Waals surface area contributed by atoms with E-state index in [2.05, 4.69) is 97.1 Å². The molecule has 0 fully saturated rings. The van der Waals surface area contributed by atoms with Gasteiger partial charge in [-0.15, -0.1) is 0 Å². The molecule has 3 aromatic heterocycles. The van der Waals surface area contributed by atoms with Gasteiger partial charge in [0.15, 0.2) is 17.5 Å². The summed E-state index contributed by atoms with van der Waals surface area (Å²) in [4.78, 5) is 15.5. The van der Waals surface area contributed by atoms with Crippen molar-refractivity contribution in [2.24, 2.45) is 0 Å². The third-order valence-electron chi connectivity index (χ3n) is 9.94. The molecule has 0 N–H and O–H groups in total. The minimum absolute atomic E-state index is 0.545. The van der Waals surface area contributed by atoms with Crippen molar-refractivity contribution in [3.05, 3.63) is 152 Å². The molecule has 11 aromatic rings. The van der Waals surface area contributed by atoms with E-state index in [-0.39, 0.29) is 0 Å². The molecule has 11 rings (SSSR count). The second kappa shape index (κ2) is 10.3. The lowest BCUT2D eigenvalue weighted by Crippen LogP contribution is -2.01. The normalized spacial score (nSPS) is 12.0. The molecule has 0 spiro atoms. The van der Waals surface area contributed by atoms with Gasteiger partial charge >= 0.3 is 0 Å². The van der Waals surface area contributed by atoms with Gasteiger partial charge in [0.2, 0.25) is 0 Å². The number of fused-ring (bicyclic) bond motifs is 11. The van der Waals surface area contributed by atoms with Crippen molar-refractivity contribution in [2.75, 3.05) is 0 Å². The van der Waals surface area contributed by atoms with E-state index >= 15 is 0 Å². The number of para-hydroxylation sites is 3. The summed E-state index contributed by atoms with van der Waals surface area (Å²) in [5.74, 6) is 1.70. The number of benzene rings is 8. The van der Waals surface area contributed by atoms with Crippen LogP contribution in [0.1, 0.15) is 0 Å². The van der Waals surface area contributed by atoms with E-state index in [9.17, 15) is 0 Å². The van der Waals surface area contributed by atoms with Gasteiger partial charge in [-0.3, -0.25) is 0 Å². The van der Waals surface area contributed by atoms with Crippen LogP contribution < -0.4 is 0 Å². The van der Waals surface area contributed by atoms with E-state index in [1.165, 1.54) is 21.5 Å². The summed E-state index contributed by atoms with van der Waals surface area (Å²) in [5, 5.41) is 11.3. The Balaban J connectivity index is 1.18. The van der Waals surface area contributed by atoms with E-state index < -0.39 is 0 Å². The standard InChI is InChI=1S/C45H25N3O2/c1-2-10-28-26(9-1)19-21-31-29-13-7-15-37(32(29)24-23-30(28)31)44-46-43(27-20-22-35-33-11-3-5-17-39(33)49-41(35)25-27)47-45(48-44)38-16-8-14-36-34-12-4-6-18-40(34)50-42(36)38/h1-25H. The van der Waals surface area contributed by atoms with Crippen LogP contribution in [0.15, 0.2) is 160 Å². The highest BCUT2D eigenvalue weighted by molar-refractivity contribution is 6.19. The summed E-state index contributed by atoms with van der Waals surface area (Å²) in [6, 6.07) is 52.3. The van der Waals surface area contributed by atoms with Crippen LogP contribution in [-0.4, -0.2) is 15.0 Å². The molecular weight excluding hydrogens is 615 g/mol. The van der Waals surface area contributed by atoms with Crippen molar-refractivity contribution in [3.8, 4) is 34.2 Å². The smallest absolute Gasteiger partial charge is 0.167 e. The van der Waals surface area contributed by atoms with Gasteiger partial charge in [-0.05, 0) is 62.6 Å². The van der Waals surface area contributed by atoms with Gasteiger partial charge in [0.25, 0.3) is 0 Å².